The molecule has 1 aliphatic carbocycles. The first kappa shape index (κ1) is 15.1. The van der Waals surface area contributed by atoms with Crippen LogP contribution in [-0.4, -0.2) is 41.1 Å². The fraction of sp³-hybridized carbons (Fsp3) is 0.867. The predicted molar refractivity (Wildman–Crippen MR) is 76.5 cm³/mol. The number of urea groups is 1. The maximum absolute atomic E-state index is 12.1. The maximum Gasteiger partial charge on any atom is 0.326 e. The molecule has 1 saturated carbocycles. The third-order valence-electron chi connectivity index (χ3n) is 4.75. The van der Waals surface area contributed by atoms with Crippen LogP contribution in [0.4, 0.5) is 4.79 Å². The average molecular weight is 282 g/mol. The van der Waals surface area contributed by atoms with Crippen LogP contribution in [0.2, 0.25) is 0 Å². The Morgan fingerprint density at radius 1 is 1.25 bits per heavy atom. The lowest BCUT2D eigenvalue weighted by Crippen LogP contribution is -2.47. The quantitative estimate of drug-likeness (QED) is 0.761. The Kier molecular flexibility index (Phi) is 5.26. The number of nitrogens with zero attached hydrogens (tertiary/aromatic N) is 1. The highest BCUT2D eigenvalue weighted by Gasteiger charge is 2.39. The third kappa shape index (κ3) is 3.64. The summed E-state index contributed by atoms with van der Waals surface area (Å²) < 4.78 is 0. The summed E-state index contributed by atoms with van der Waals surface area (Å²) in [6.45, 7) is 3.10. The molecule has 114 valence electrons. The van der Waals surface area contributed by atoms with Crippen molar-refractivity contribution >= 4 is 12.0 Å². The van der Waals surface area contributed by atoms with Gasteiger partial charge in [-0.15, -0.1) is 0 Å². The Hall–Kier alpha value is -1.26. The number of amides is 2. The fourth-order valence-electron chi connectivity index (χ4n) is 3.54. The highest BCUT2D eigenvalue weighted by Crippen LogP contribution is 2.28. The molecule has 5 heteroatoms. The van der Waals surface area contributed by atoms with Crippen molar-refractivity contribution in [2.45, 2.75) is 57.9 Å². The van der Waals surface area contributed by atoms with Crippen LogP contribution in [0.5, 0.6) is 0 Å². The molecule has 2 unspecified atom stereocenters. The number of hydrogen-bond acceptors (Lipinski definition) is 2. The Bertz CT molecular complexity index is 353. The minimum atomic E-state index is -0.892. The molecule has 2 fully saturated rings. The number of carboxylic acid groups (broad SMARTS) is 1. The molecule has 0 bridgehead atoms. The highest BCUT2D eigenvalue weighted by molar-refractivity contribution is 5.83. The topological polar surface area (TPSA) is 69.6 Å². The van der Waals surface area contributed by atoms with Gasteiger partial charge in [-0.25, -0.2) is 9.59 Å². The fourth-order valence-corrected chi connectivity index (χ4v) is 3.54. The number of likely N-dealkylation sites (tertiary alicyclic amines) is 1. The summed E-state index contributed by atoms with van der Waals surface area (Å²) in [5, 5.41) is 12.1. The second kappa shape index (κ2) is 6.95. The lowest BCUT2D eigenvalue weighted by Gasteiger charge is -2.23. The Morgan fingerprint density at radius 2 is 1.95 bits per heavy atom. The molecule has 1 aliphatic heterocycles. The molecular formula is C15H26N2O3. The molecule has 0 aromatic heterocycles. The van der Waals surface area contributed by atoms with Crippen LogP contribution in [0, 0.1) is 11.8 Å². The van der Waals surface area contributed by atoms with E-state index in [-0.39, 0.29) is 11.9 Å². The number of aliphatic carboxylic acids is 1. The van der Waals surface area contributed by atoms with E-state index in [1.54, 1.807) is 0 Å². The molecule has 1 saturated heterocycles. The van der Waals surface area contributed by atoms with Crippen LogP contribution in [0.1, 0.15) is 51.9 Å². The zero-order valence-electron chi connectivity index (χ0n) is 12.3. The van der Waals surface area contributed by atoms with Gasteiger partial charge in [-0.1, -0.05) is 32.6 Å². The molecule has 1 heterocycles. The Balaban J connectivity index is 1.69. The zero-order chi connectivity index (χ0) is 14.5. The molecule has 0 aromatic carbocycles. The summed E-state index contributed by atoms with van der Waals surface area (Å²) in [4.78, 5) is 24.7. The summed E-state index contributed by atoms with van der Waals surface area (Å²) >= 11 is 0. The van der Waals surface area contributed by atoms with Crippen molar-refractivity contribution in [3.63, 3.8) is 0 Å². The van der Waals surface area contributed by atoms with Crippen LogP contribution in [0.25, 0.3) is 0 Å². The van der Waals surface area contributed by atoms with Gasteiger partial charge in [0.25, 0.3) is 0 Å². The number of carbonyl (C=O) groups excluding carboxylic acids is 1. The number of rotatable bonds is 5. The number of carboxylic acids is 1. The van der Waals surface area contributed by atoms with Crippen molar-refractivity contribution in [3.8, 4) is 0 Å². The third-order valence-corrected chi connectivity index (χ3v) is 4.75. The Labute approximate surface area is 120 Å². The molecule has 0 radical (unpaired) electrons. The van der Waals surface area contributed by atoms with E-state index in [1.165, 1.54) is 37.0 Å². The molecule has 5 nitrogen and oxygen atoms in total. The standard InChI is InChI=1S/C15H26N2O3/c1-11-8-10-17(13(11)14(18)19)15(20)16-9-4-7-12-5-2-3-6-12/h11-13H,2-10H2,1H3,(H,16,20)(H,18,19). The predicted octanol–water partition coefficient (Wildman–Crippen LogP) is 2.46. The molecule has 2 N–H and O–H groups in total. The average Bonchev–Trinajstić information content (AvgIpc) is 3.03. The van der Waals surface area contributed by atoms with Crippen LogP contribution in [0.3, 0.4) is 0 Å². The number of nitrogens with one attached hydrogen (secondary N) is 1. The van der Waals surface area contributed by atoms with Gasteiger partial charge in [-0.3, -0.25) is 0 Å². The molecular weight excluding hydrogens is 256 g/mol. The second-order valence-electron chi connectivity index (χ2n) is 6.27. The van der Waals surface area contributed by atoms with Crippen molar-refractivity contribution < 1.29 is 14.7 Å². The van der Waals surface area contributed by atoms with E-state index in [0.29, 0.717) is 13.1 Å². The van der Waals surface area contributed by atoms with Crippen molar-refractivity contribution in [3.05, 3.63) is 0 Å². The van der Waals surface area contributed by atoms with Crippen molar-refractivity contribution in [2.24, 2.45) is 11.8 Å². The van der Waals surface area contributed by atoms with E-state index in [0.717, 1.165) is 18.8 Å². The summed E-state index contributed by atoms with van der Waals surface area (Å²) in [5.41, 5.74) is 0. The van der Waals surface area contributed by atoms with Crippen molar-refractivity contribution in [1.29, 1.82) is 0 Å². The molecule has 0 aromatic rings. The summed E-state index contributed by atoms with van der Waals surface area (Å²) in [7, 11) is 0. The van der Waals surface area contributed by atoms with Gasteiger partial charge in [-0.2, -0.15) is 0 Å². The summed E-state index contributed by atoms with van der Waals surface area (Å²) in [6, 6.07) is -0.877. The number of hydrogen-bond donors (Lipinski definition) is 2. The van der Waals surface area contributed by atoms with Crippen molar-refractivity contribution in [1.82, 2.24) is 10.2 Å². The SMILES string of the molecule is CC1CCN(C(=O)NCCCC2CCCC2)C1C(=O)O. The van der Waals surface area contributed by atoms with E-state index < -0.39 is 12.0 Å². The first-order chi connectivity index (χ1) is 9.59. The zero-order valence-corrected chi connectivity index (χ0v) is 12.3. The van der Waals surface area contributed by atoms with Crippen LogP contribution in [0.15, 0.2) is 0 Å². The summed E-state index contributed by atoms with van der Waals surface area (Å²) in [6.07, 6.45) is 8.31. The number of carbonyl (C=O) groups is 2. The van der Waals surface area contributed by atoms with Crippen LogP contribution < -0.4 is 5.32 Å². The molecule has 2 aliphatic rings. The molecule has 2 amide bonds. The minimum absolute atomic E-state index is 0.0386. The smallest absolute Gasteiger partial charge is 0.326 e. The van der Waals surface area contributed by atoms with Crippen LogP contribution >= 0.6 is 0 Å². The monoisotopic (exact) mass is 282 g/mol. The van der Waals surface area contributed by atoms with E-state index in [1.807, 2.05) is 6.92 Å². The van der Waals surface area contributed by atoms with Gasteiger partial charge < -0.3 is 15.3 Å². The van der Waals surface area contributed by atoms with Crippen LogP contribution in [-0.2, 0) is 4.79 Å². The molecule has 0 spiro atoms. The van der Waals surface area contributed by atoms with Gasteiger partial charge in [0, 0.05) is 13.1 Å². The first-order valence-corrected chi connectivity index (χ1v) is 7.87. The van der Waals surface area contributed by atoms with Gasteiger partial charge >= 0.3 is 12.0 Å². The minimum Gasteiger partial charge on any atom is -0.480 e. The lowest BCUT2D eigenvalue weighted by atomic mass is 10.0. The lowest BCUT2D eigenvalue weighted by molar-refractivity contribution is -0.142. The van der Waals surface area contributed by atoms with Gasteiger partial charge in [-0.05, 0) is 31.1 Å². The highest BCUT2D eigenvalue weighted by atomic mass is 16.4. The van der Waals surface area contributed by atoms with E-state index in [9.17, 15) is 14.7 Å². The van der Waals surface area contributed by atoms with E-state index in [2.05, 4.69) is 5.32 Å². The van der Waals surface area contributed by atoms with Crippen molar-refractivity contribution in [2.75, 3.05) is 13.1 Å². The molecule has 2 rings (SSSR count). The Morgan fingerprint density at radius 3 is 2.60 bits per heavy atom. The maximum atomic E-state index is 12.1. The van der Waals surface area contributed by atoms with Gasteiger partial charge in [0.2, 0.25) is 0 Å². The van der Waals surface area contributed by atoms with Gasteiger partial charge in [0.05, 0.1) is 0 Å². The molecule has 2 atom stereocenters. The normalized spacial score (nSPS) is 26.9. The largest absolute Gasteiger partial charge is 0.480 e. The van der Waals surface area contributed by atoms with E-state index >= 15 is 0 Å². The van der Waals surface area contributed by atoms with Gasteiger partial charge in [0.1, 0.15) is 6.04 Å². The summed E-state index contributed by atoms with van der Waals surface area (Å²) in [5.74, 6) is -0.0154. The molecule has 20 heavy (non-hydrogen) atoms. The second-order valence-corrected chi connectivity index (χ2v) is 6.27. The first-order valence-electron chi connectivity index (χ1n) is 7.87. The van der Waals surface area contributed by atoms with Gasteiger partial charge in [0.15, 0.2) is 0 Å². The van der Waals surface area contributed by atoms with E-state index in [4.69, 9.17) is 0 Å².